The normalized spacial score (nSPS) is 10.4. The molecule has 8 N–H and O–H groups in total. The van der Waals surface area contributed by atoms with E-state index in [1.54, 1.807) is 0 Å². The van der Waals surface area contributed by atoms with E-state index in [0.29, 0.717) is 158 Å². The van der Waals surface area contributed by atoms with Crippen LogP contribution >= 0.6 is 0 Å². The Kier molecular flexibility index (Phi) is 66.4. The zero-order valence-electron chi connectivity index (χ0n) is 45.6. The molecule has 0 aromatic rings. The van der Waals surface area contributed by atoms with E-state index in [-0.39, 0.29) is 72.8 Å². The summed E-state index contributed by atoms with van der Waals surface area (Å²) in [6, 6.07) is 0. The largest absolute Gasteiger partial charge is 0.378 e. The van der Waals surface area contributed by atoms with Crippen LogP contribution in [0.3, 0.4) is 0 Å². The molecule has 0 atom stereocenters. The van der Waals surface area contributed by atoms with Crippen LogP contribution in [-0.4, -0.2) is 246 Å². The average molecular weight is 1060 g/mol. The van der Waals surface area contributed by atoms with Gasteiger partial charge in [0.2, 0.25) is 23.6 Å². The van der Waals surface area contributed by atoms with Crippen molar-refractivity contribution < 1.29 is 81.0 Å². The van der Waals surface area contributed by atoms with E-state index in [2.05, 4.69) is 42.5 Å². The molecule has 430 valence electrons. The average Bonchev–Trinajstić information content (AvgIpc) is 3.34. The zero-order valence-corrected chi connectivity index (χ0v) is 45.6. The summed E-state index contributed by atoms with van der Waals surface area (Å²) in [5.41, 5.74) is 0. The third kappa shape index (κ3) is 79.6. The SMILES string of the molecule is CNCCOCCOCCNC(=O)CC(C)=O.CNCCOCCOCCNC(=O)CCC(C)=O.CNCCOCCOCCNC(=O)CCCC(C)=O.CNCCOCCOCCNC(=O)COCC(C)=O. The van der Waals surface area contributed by atoms with Gasteiger partial charge in [-0.3, -0.25) is 28.8 Å². The van der Waals surface area contributed by atoms with Crippen LogP contribution in [0.4, 0.5) is 0 Å². The first-order chi connectivity index (χ1) is 35.2. The molecule has 4 amide bonds. The van der Waals surface area contributed by atoms with Gasteiger partial charge in [-0.05, 0) is 62.3 Å². The van der Waals surface area contributed by atoms with Crippen molar-refractivity contribution in [2.45, 2.75) is 66.2 Å². The Balaban J connectivity index is -0.000000435. The quantitative estimate of drug-likeness (QED) is 0.0245. The van der Waals surface area contributed by atoms with Crippen LogP contribution < -0.4 is 42.5 Å². The molecule has 0 aromatic carbocycles. The van der Waals surface area contributed by atoms with Crippen LogP contribution in [0.25, 0.3) is 0 Å². The Morgan fingerprint density at radius 2 is 0.575 bits per heavy atom. The molecule has 0 spiro atoms. The smallest absolute Gasteiger partial charge is 0.246 e. The van der Waals surface area contributed by atoms with Gasteiger partial charge in [-0.25, -0.2) is 0 Å². The highest BCUT2D eigenvalue weighted by atomic mass is 16.5. The van der Waals surface area contributed by atoms with E-state index in [0.717, 1.165) is 26.2 Å². The van der Waals surface area contributed by atoms with Crippen LogP contribution in [0.2, 0.25) is 0 Å². The molecule has 0 aliphatic carbocycles. The molecule has 25 nitrogen and oxygen atoms in total. The molecule has 0 aromatic heterocycles. The van der Waals surface area contributed by atoms with Gasteiger partial charge in [-0.1, -0.05) is 0 Å². The number of likely N-dealkylation sites (N-methyl/N-ethyl adjacent to an activating group) is 4. The minimum absolute atomic E-state index is 0.0279. The van der Waals surface area contributed by atoms with Crippen molar-refractivity contribution in [3.63, 3.8) is 0 Å². The summed E-state index contributed by atoms with van der Waals surface area (Å²) in [5, 5.41) is 22.5. The van der Waals surface area contributed by atoms with Gasteiger partial charge >= 0.3 is 0 Å². The van der Waals surface area contributed by atoms with Gasteiger partial charge < -0.3 is 94.8 Å². The highest BCUT2D eigenvalue weighted by molar-refractivity contribution is 5.96. The van der Waals surface area contributed by atoms with Gasteiger partial charge in [0.1, 0.15) is 30.6 Å². The summed E-state index contributed by atoms with van der Waals surface area (Å²) in [7, 11) is 7.47. The first kappa shape index (κ1) is 75.6. The number of ether oxygens (including phenoxy) is 9. The fraction of sp³-hybridized carbons (Fsp3) is 0.833. The number of hydrogen-bond acceptors (Lipinski definition) is 21. The Labute approximate surface area is 435 Å². The van der Waals surface area contributed by atoms with Gasteiger partial charge in [0.05, 0.1) is 112 Å². The lowest BCUT2D eigenvalue weighted by Gasteiger charge is -2.07. The number of amides is 4. The number of ketones is 4. The van der Waals surface area contributed by atoms with Crippen molar-refractivity contribution in [1.82, 2.24) is 42.5 Å². The fourth-order valence-electron chi connectivity index (χ4n) is 4.63. The highest BCUT2D eigenvalue weighted by Crippen LogP contribution is 1.96. The van der Waals surface area contributed by atoms with Gasteiger partial charge in [0.15, 0.2) is 5.78 Å². The second kappa shape index (κ2) is 64.2. The number of hydrogen-bond donors (Lipinski definition) is 8. The van der Waals surface area contributed by atoms with Crippen LogP contribution in [0.1, 0.15) is 66.2 Å². The summed E-state index contributed by atoms with van der Waals surface area (Å²) in [6.07, 6.45) is 1.96. The first-order valence-electron chi connectivity index (χ1n) is 25.0. The lowest BCUT2D eigenvalue weighted by atomic mass is 10.2. The van der Waals surface area contributed by atoms with E-state index < -0.39 is 0 Å². The van der Waals surface area contributed by atoms with E-state index in [1.165, 1.54) is 27.7 Å². The summed E-state index contributed by atoms with van der Waals surface area (Å²) < 4.78 is 46.9. The second-order valence-electron chi connectivity index (χ2n) is 15.5. The van der Waals surface area contributed by atoms with Crippen LogP contribution in [-0.2, 0) is 81.0 Å². The molecule has 73 heavy (non-hydrogen) atoms. The van der Waals surface area contributed by atoms with Crippen molar-refractivity contribution in [1.29, 1.82) is 0 Å². The number of carbonyl (C=O) groups excluding carboxylic acids is 8. The maximum atomic E-state index is 11.3. The van der Waals surface area contributed by atoms with Crippen LogP contribution in [0, 0.1) is 0 Å². The first-order valence-corrected chi connectivity index (χ1v) is 25.0. The maximum absolute atomic E-state index is 11.3. The molecule has 0 bridgehead atoms. The van der Waals surface area contributed by atoms with E-state index >= 15 is 0 Å². The van der Waals surface area contributed by atoms with Crippen LogP contribution in [0.15, 0.2) is 0 Å². The molecule has 0 saturated heterocycles. The van der Waals surface area contributed by atoms with E-state index in [1.807, 2.05) is 28.2 Å². The predicted octanol–water partition coefficient (Wildman–Crippen LogP) is -1.87. The van der Waals surface area contributed by atoms with E-state index in [9.17, 15) is 38.4 Å². The molecular formula is C48H96N8O17. The molecule has 0 aliphatic heterocycles. The number of carbonyl (C=O) groups is 8. The molecular weight excluding hydrogens is 961 g/mol. The summed E-state index contributed by atoms with van der Waals surface area (Å²) >= 11 is 0. The summed E-state index contributed by atoms with van der Waals surface area (Å²) in [5.74, 6) is -0.749. The van der Waals surface area contributed by atoms with Crippen molar-refractivity contribution in [2.75, 3.05) is 199 Å². The molecule has 0 unspecified atom stereocenters. The predicted molar refractivity (Wildman–Crippen MR) is 276 cm³/mol. The van der Waals surface area contributed by atoms with Crippen molar-refractivity contribution in [3.8, 4) is 0 Å². The standard InChI is InChI=1S/C13H26N2O4.C12H24N2O5.C12H24N2O4.C11H22N2O4/c1-12(16)4-3-5-13(17)15-7-9-19-11-10-18-8-6-14-2;1-11(15)9-19-10-12(16)14-4-6-18-8-7-17-5-3-13-2;1-11(15)3-4-12(16)14-6-8-18-10-9-17-7-5-13-2;1-10(14)9-11(15)13-4-6-17-8-7-16-5-3-12-2/h14H,3-11H2,1-2H3,(H,15,17);13H,3-10H2,1-2H3,(H,14,16);13H,3-10H2,1-2H3,(H,14,16);12H,3-9H2,1-2H3,(H,13,15). The molecule has 0 heterocycles. The zero-order chi connectivity index (χ0) is 55.3. The van der Waals surface area contributed by atoms with Gasteiger partial charge in [-0.15, -0.1) is 0 Å². The third-order valence-corrected chi connectivity index (χ3v) is 8.33. The van der Waals surface area contributed by atoms with Crippen molar-refractivity contribution in [3.05, 3.63) is 0 Å². The van der Waals surface area contributed by atoms with E-state index in [4.69, 9.17) is 42.6 Å². The third-order valence-electron chi connectivity index (χ3n) is 8.33. The number of rotatable bonds is 49. The monoisotopic (exact) mass is 1060 g/mol. The summed E-state index contributed by atoms with van der Waals surface area (Å²) in [4.78, 5) is 87.3. The van der Waals surface area contributed by atoms with Gasteiger partial charge in [0, 0.05) is 78.0 Å². The Bertz CT molecular complexity index is 1290. The highest BCUT2D eigenvalue weighted by Gasteiger charge is 2.05. The maximum Gasteiger partial charge on any atom is 0.246 e. The lowest BCUT2D eigenvalue weighted by molar-refractivity contribution is -0.130. The number of nitrogens with one attached hydrogen (secondary N) is 8. The Morgan fingerprint density at radius 1 is 0.274 bits per heavy atom. The summed E-state index contributed by atoms with van der Waals surface area (Å²) in [6.45, 7) is 19.5. The second-order valence-corrected chi connectivity index (χ2v) is 15.5. The molecule has 0 radical (unpaired) electrons. The molecule has 0 saturated carbocycles. The fourth-order valence-corrected chi connectivity index (χ4v) is 4.63. The molecule has 0 fully saturated rings. The van der Waals surface area contributed by atoms with Crippen LogP contribution in [0.5, 0.6) is 0 Å². The number of Topliss-reactive ketones (excluding diaryl/α,β-unsaturated/α-hetero) is 4. The van der Waals surface area contributed by atoms with Crippen molar-refractivity contribution >= 4 is 46.8 Å². The molecule has 0 aliphatic rings. The van der Waals surface area contributed by atoms with Gasteiger partial charge in [-0.2, -0.15) is 0 Å². The molecule has 0 rings (SSSR count). The lowest BCUT2D eigenvalue weighted by Crippen LogP contribution is -2.31. The van der Waals surface area contributed by atoms with Crippen molar-refractivity contribution in [2.24, 2.45) is 0 Å². The topological polar surface area (TPSA) is 316 Å². The van der Waals surface area contributed by atoms with Gasteiger partial charge in [0.25, 0.3) is 0 Å². The minimum Gasteiger partial charge on any atom is -0.378 e. The Hall–Kier alpha value is -3.96. The molecule has 25 heteroatoms. The minimum atomic E-state index is -0.258. The Morgan fingerprint density at radius 3 is 0.877 bits per heavy atom.